The molecule has 0 atom stereocenters. The van der Waals surface area contributed by atoms with E-state index in [4.69, 9.17) is 10.3 Å². The van der Waals surface area contributed by atoms with E-state index in [1.807, 2.05) is 19.1 Å². The van der Waals surface area contributed by atoms with Gasteiger partial charge in [-0.3, -0.25) is 0 Å². The van der Waals surface area contributed by atoms with E-state index < -0.39 is 0 Å². The number of anilines is 2. The predicted molar refractivity (Wildman–Crippen MR) is 74.6 cm³/mol. The number of nitrogens with one attached hydrogen (secondary N) is 2. The largest absolute Gasteiger partial charge is 0.465 e. The molecule has 19 heavy (non-hydrogen) atoms. The predicted octanol–water partition coefficient (Wildman–Crippen LogP) is 2.23. The Bertz CT molecular complexity index is 538. The first-order chi connectivity index (χ1) is 9.24. The molecule has 0 aromatic carbocycles. The molecule has 4 N–H and O–H groups in total. The van der Waals surface area contributed by atoms with E-state index in [-0.39, 0.29) is 0 Å². The minimum absolute atomic E-state index is 0.589. The molecule has 0 spiro atoms. The third kappa shape index (κ3) is 3.23. The molecule has 0 saturated carbocycles. The highest BCUT2D eigenvalue weighted by Gasteiger charge is 2.10. The summed E-state index contributed by atoms with van der Waals surface area (Å²) < 4.78 is 5.52. The van der Waals surface area contributed by atoms with E-state index in [2.05, 4.69) is 27.6 Å². The average Bonchev–Trinajstić information content (AvgIpc) is 2.83. The normalized spacial score (nSPS) is 10.5. The Hall–Kier alpha value is -2.08. The summed E-state index contributed by atoms with van der Waals surface area (Å²) in [6, 6.07) is 3.89. The van der Waals surface area contributed by atoms with Gasteiger partial charge in [0.1, 0.15) is 29.5 Å². The maximum Gasteiger partial charge on any atom is 0.148 e. The number of nitrogens with two attached hydrogens (primary N) is 1. The summed E-state index contributed by atoms with van der Waals surface area (Å²) in [5.74, 6) is 8.70. The number of hydrogen-bond acceptors (Lipinski definition) is 6. The number of hydrazine groups is 1. The number of aryl methyl sites for hydroxylation is 1. The van der Waals surface area contributed by atoms with Crippen molar-refractivity contribution >= 4 is 11.6 Å². The smallest absolute Gasteiger partial charge is 0.148 e. The van der Waals surface area contributed by atoms with Crippen molar-refractivity contribution in [2.75, 3.05) is 10.7 Å². The van der Waals surface area contributed by atoms with Gasteiger partial charge in [0.15, 0.2) is 0 Å². The molecule has 0 fully saturated rings. The zero-order valence-electron chi connectivity index (χ0n) is 11.2. The van der Waals surface area contributed by atoms with Crippen LogP contribution in [0, 0.1) is 6.92 Å². The lowest BCUT2D eigenvalue weighted by Crippen LogP contribution is -2.14. The standard InChI is InChI=1S/C13H19N5O/c1-3-4-11-12(16-8-17-13(11)18-14)15-7-10-6-5-9(2)19-10/h5-6,8H,3-4,7,14H2,1-2H3,(H2,15,16,17,18). The molecule has 0 aliphatic carbocycles. The van der Waals surface area contributed by atoms with Crippen molar-refractivity contribution in [3.63, 3.8) is 0 Å². The van der Waals surface area contributed by atoms with Gasteiger partial charge in [0.25, 0.3) is 0 Å². The molecule has 0 bridgehead atoms. The van der Waals surface area contributed by atoms with Crippen LogP contribution in [0.1, 0.15) is 30.4 Å². The van der Waals surface area contributed by atoms with E-state index in [0.29, 0.717) is 12.4 Å². The van der Waals surface area contributed by atoms with Crippen molar-refractivity contribution in [1.82, 2.24) is 9.97 Å². The summed E-state index contributed by atoms with van der Waals surface area (Å²) in [6.45, 7) is 4.62. The van der Waals surface area contributed by atoms with Crippen LogP contribution < -0.4 is 16.6 Å². The lowest BCUT2D eigenvalue weighted by molar-refractivity contribution is 0.490. The van der Waals surface area contributed by atoms with Crippen LogP contribution in [0.3, 0.4) is 0 Å². The van der Waals surface area contributed by atoms with Crippen LogP contribution in [-0.2, 0) is 13.0 Å². The Morgan fingerprint density at radius 1 is 1.26 bits per heavy atom. The van der Waals surface area contributed by atoms with E-state index in [9.17, 15) is 0 Å². The van der Waals surface area contributed by atoms with Crippen LogP contribution >= 0.6 is 0 Å². The van der Waals surface area contributed by atoms with Crippen molar-refractivity contribution in [2.24, 2.45) is 5.84 Å². The summed E-state index contributed by atoms with van der Waals surface area (Å²) in [5, 5.41) is 3.26. The molecule has 0 aliphatic heterocycles. The zero-order valence-corrected chi connectivity index (χ0v) is 11.2. The van der Waals surface area contributed by atoms with Gasteiger partial charge in [0, 0.05) is 5.56 Å². The van der Waals surface area contributed by atoms with Crippen LogP contribution in [0.25, 0.3) is 0 Å². The fourth-order valence-electron chi connectivity index (χ4n) is 1.93. The third-order valence-corrected chi connectivity index (χ3v) is 2.81. The average molecular weight is 261 g/mol. The summed E-state index contributed by atoms with van der Waals surface area (Å²) in [6.07, 6.45) is 3.35. The molecule has 6 heteroatoms. The molecule has 0 amide bonds. The van der Waals surface area contributed by atoms with Gasteiger partial charge < -0.3 is 15.2 Å². The molecule has 2 aromatic heterocycles. The van der Waals surface area contributed by atoms with Crippen molar-refractivity contribution in [3.05, 3.63) is 35.5 Å². The van der Waals surface area contributed by atoms with Gasteiger partial charge in [0.05, 0.1) is 6.54 Å². The molecule has 102 valence electrons. The summed E-state index contributed by atoms with van der Waals surface area (Å²) in [4.78, 5) is 8.39. The minimum atomic E-state index is 0.589. The maximum atomic E-state index is 5.52. The van der Waals surface area contributed by atoms with Gasteiger partial charge >= 0.3 is 0 Å². The first-order valence-electron chi connectivity index (χ1n) is 6.34. The first kappa shape index (κ1) is 13.4. The first-order valence-corrected chi connectivity index (χ1v) is 6.34. The van der Waals surface area contributed by atoms with Gasteiger partial charge in [-0.15, -0.1) is 0 Å². The lowest BCUT2D eigenvalue weighted by Gasteiger charge is -2.12. The van der Waals surface area contributed by atoms with Gasteiger partial charge in [-0.05, 0) is 25.5 Å². The monoisotopic (exact) mass is 261 g/mol. The van der Waals surface area contributed by atoms with Gasteiger partial charge in [-0.1, -0.05) is 13.3 Å². The molecule has 6 nitrogen and oxygen atoms in total. The van der Waals surface area contributed by atoms with E-state index >= 15 is 0 Å². The fraction of sp³-hybridized carbons (Fsp3) is 0.385. The topological polar surface area (TPSA) is 89.0 Å². The number of rotatable bonds is 6. The second-order valence-electron chi connectivity index (χ2n) is 4.31. The molecule has 0 aliphatic rings. The number of nitrogens with zero attached hydrogens (tertiary/aromatic N) is 2. The highest BCUT2D eigenvalue weighted by molar-refractivity contribution is 5.56. The van der Waals surface area contributed by atoms with Crippen molar-refractivity contribution in [1.29, 1.82) is 0 Å². The van der Waals surface area contributed by atoms with Crippen LogP contribution in [0.5, 0.6) is 0 Å². The zero-order chi connectivity index (χ0) is 13.7. The highest BCUT2D eigenvalue weighted by Crippen LogP contribution is 2.21. The molecule has 0 radical (unpaired) electrons. The Kier molecular flexibility index (Phi) is 4.35. The molecular weight excluding hydrogens is 242 g/mol. The van der Waals surface area contributed by atoms with Crippen LogP contribution in [0.2, 0.25) is 0 Å². The molecule has 2 heterocycles. The Balaban J connectivity index is 2.14. The van der Waals surface area contributed by atoms with Crippen LogP contribution in [0.4, 0.5) is 11.6 Å². The molecule has 2 rings (SSSR count). The third-order valence-electron chi connectivity index (χ3n) is 2.81. The van der Waals surface area contributed by atoms with Crippen LogP contribution in [0.15, 0.2) is 22.9 Å². The Labute approximate surface area is 112 Å². The molecule has 0 unspecified atom stereocenters. The summed E-state index contributed by atoms with van der Waals surface area (Å²) in [7, 11) is 0. The molecular formula is C13H19N5O. The van der Waals surface area contributed by atoms with E-state index in [1.54, 1.807) is 0 Å². The Morgan fingerprint density at radius 2 is 2.05 bits per heavy atom. The Morgan fingerprint density at radius 3 is 2.68 bits per heavy atom. The van der Waals surface area contributed by atoms with Crippen molar-refractivity contribution < 1.29 is 4.42 Å². The fourth-order valence-corrected chi connectivity index (χ4v) is 1.93. The molecule has 2 aromatic rings. The molecule has 0 saturated heterocycles. The van der Waals surface area contributed by atoms with Crippen molar-refractivity contribution in [3.8, 4) is 0 Å². The van der Waals surface area contributed by atoms with Gasteiger partial charge in [-0.2, -0.15) is 0 Å². The second kappa shape index (κ2) is 6.19. The van der Waals surface area contributed by atoms with Gasteiger partial charge in [0.2, 0.25) is 0 Å². The SMILES string of the molecule is CCCc1c(NN)ncnc1NCc1ccc(C)o1. The number of hydrogen-bond donors (Lipinski definition) is 3. The summed E-state index contributed by atoms with van der Waals surface area (Å²) >= 11 is 0. The lowest BCUT2D eigenvalue weighted by atomic mass is 10.1. The quantitative estimate of drug-likeness (QED) is 0.546. The van der Waals surface area contributed by atoms with Gasteiger partial charge in [-0.25, -0.2) is 15.8 Å². The number of aromatic nitrogens is 2. The van der Waals surface area contributed by atoms with Crippen molar-refractivity contribution in [2.45, 2.75) is 33.2 Å². The minimum Gasteiger partial charge on any atom is -0.465 e. The van der Waals surface area contributed by atoms with E-state index in [1.165, 1.54) is 6.33 Å². The maximum absolute atomic E-state index is 5.52. The van der Waals surface area contributed by atoms with Crippen LogP contribution in [-0.4, -0.2) is 9.97 Å². The summed E-state index contributed by atoms with van der Waals surface area (Å²) in [5.41, 5.74) is 3.60. The number of furan rings is 1. The highest BCUT2D eigenvalue weighted by atomic mass is 16.3. The number of nitrogen functional groups attached to an aromatic ring is 1. The van der Waals surface area contributed by atoms with E-state index in [0.717, 1.165) is 35.7 Å². The second-order valence-corrected chi connectivity index (χ2v) is 4.31.